The van der Waals surface area contributed by atoms with Gasteiger partial charge >= 0.3 is 12.0 Å². The van der Waals surface area contributed by atoms with Crippen LogP contribution in [0.15, 0.2) is 18.5 Å². The van der Waals surface area contributed by atoms with E-state index >= 15 is 0 Å². The highest BCUT2D eigenvalue weighted by atomic mass is 19.3. The fraction of sp³-hybridized carbons (Fsp3) is 0.429. The highest BCUT2D eigenvalue weighted by Crippen LogP contribution is 2.40. The van der Waals surface area contributed by atoms with E-state index < -0.39 is 30.0 Å². The first-order valence-electron chi connectivity index (χ1n) is 7.44. The molecule has 2 N–H and O–H groups in total. The molecule has 0 aromatic carbocycles. The Kier molecular flexibility index (Phi) is 2.99. The summed E-state index contributed by atoms with van der Waals surface area (Å²) in [6.45, 7) is 0. The summed E-state index contributed by atoms with van der Waals surface area (Å²) in [5.41, 5.74) is -0.0687. The van der Waals surface area contributed by atoms with Gasteiger partial charge in [0.05, 0.1) is 12.2 Å². The number of amides is 2. The van der Waals surface area contributed by atoms with Gasteiger partial charge in [0.1, 0.15) is 17.4 Å². The Morgan fingerprint density at radius 3 is 3.00 bits per heavy atom. The molecule has 8 nitrogen and oxygen atoms in total. The first kappa shape index (κ1) is 14.8. The summed E-state index contributed by atoms with van der Waals surface area (Å²) in [6, 6.07) is -1.17. The number of aromatic nitrogens is 3. The van der Waals surface area contributed by atoms with E-state index in [0.717, 1.165) is 6.20 Å². The lowest BCUT2D eigenvalue weighted by Crippen LogP contribution is -2.51. The molecular formula is C14H13F2N5O3. The van der Waals surface area contributed by atoms with E-state index in [2.05, 4.69) is 15.4 Å². The quantitative estimate of drug-likeness (QED) is 0.865. The second kappa shape index (κ2) is 4.86. The molecule has 4 rings (SSSR count). The van der Waals surface area contributed by atoms with Crippen molar-refractivity contribution in [2.24, 2.45) is 0 Å². The number of hydrogen-bond donors (Lipinski definition) is 2. The number of aromatic carboxylic acids is 1. The molecule has 0 radical (unpaired) electrons. The summed E-state index contributed by atoms with van der Waals surface area (Å²) in [7, 11) is 0. The molecule has 0 bridgehead atoms. The predicted octanol–water partition coefficient (Wildman–Crippen LogP) is 1.51. The number of nitrogens with one attached hydrogen (secondary N) is 1. The average Bonchev–Trinajstić information content (AvgIpc) is 3.07. The maximum absolute atomic E-state index is 14.0. The molecule has 2 aromatic heterocycles. The topological polar surface area (TPSA) is 99.8 Å². The lowest BCUT2D eigenvalue weighted by molar-refractivity contribution is -0.0595. The first-order chi connectivity index (χ1) is 11.4. The zero-order chi connectivity index (χ0) is 17.1. The number of nitrogens with zero attached hydrogens (tertiary/aromatic N) is 4. The molecule has 10 heteroatoms. The normalized spacial score (nSPS) is 25.6. The molecule has 1 saturated heterocycles. The fourth-order valence-corrected chi connectivity index (χ4v) is 3.40. The van der Waals surface area contributed by atoms with Crippen molar-refractivity contribution in [1.82, 2.24) is 19.9 Å². The number of carboxylic acid groups (broad SMARTS) is 1. The van der Waals surface area contributed by atoms with Crippen LogP contribution in [0.4, 0.5) is 19.4 Å². The standard InChI is InChI=1S/C14H13F2N5O3/c15-14(16)4-1-2-8-10(14)19-13(24)21(8)9-3-5-20-11(18-9)7(6-17-20)12(22)23/h3,5-6,8,10H,1-2,4H2,(H,19,24)(H,22,23)/t8-,10-/m1/s1. The monoisotopic (exact) mass is 337 g/mol. The number of halogens is 2. The Balaban J connectivity index is 1.78. The Bertz CT molecular complexity index is 852. The van der Waals surface area contributed by atoms with Gasteiger partial charge in [-0.25, -0.2) is 27.9 Å². The smallest absolute Gasteiger partial charge is 0.341 e. The molecule has 1 aliphatic heterocycles. The molecule has 2 aromatic rings. The summed E-state index contributed by atoms with van der Waals surface area (Å²) < 4.78 is 29.3. The van der Waals surface area contributed by atoms with E-state index in [9.17, 15) is 18.4 Å². The van der Waals surface area contributed by atoms with Gasteiger partial charge in [-0.15, -0.1) is 0 Å². The molecule has 2 fully saturated rings. The zero-order valence-electron chi connectivity index (χ0n) is 12.3. The van der Waals surface area contributed by atoms with Gasteiger partial charge in [0.15, 0.2) is 5.65 Å². The number of fused-ring (bicyclic) bond motifs is 2. The summed E-state index contributed by atoms with van der Waals surface area (Å²) in [6.07, 6.45) is 3.06. The number of urea groups is 1. The van der Waals surface area contributed by atoms with Crippen LogP contribution in [0.1, 0.15) is 29.6 Å². The Labute approximate surface area is 134 Å². The molecular weight excluding hydrogens is 324 g/mol. The maximum Gasteiger partial charge on any atom is 0.341 e. The molecule has 2 amide bonds. The molecule has 0 spiro atoms. The number of carbonyl (C=O) groups is 2. The Morgan fingerprint density at radius 2 is 2.25 bits per heavy atom. The van der Waals surface area contributed by atoms with Crippen LogP contribution in [0.3, 0.4) is 0 Å². The molecule has 24 heavy (non-hydrogen) atoms. The van der Waals surface area contributed by atoms with E-state index in [4.69, 9.17) is 5.11 Å². The fourth-order valence-electron chi connectivity index (χ4n) is 3.40. The summed E-state index contributed by atoms with van der Waals surface area (Å²) in [5, 5.41) is 15.3. The van der Waals surface area contributed by atoms with Crippen LogP contribution in [-0.4, -0.2) is 49.7 Å². The second-order valence-corrected chi connectivity index (χ2v) is 5.94. The zero-order valence-corrected chi connectivity index (χ0v) is 12.3. The minimum Gasteiger partial charge on any atom is -0.477 e. The number of carboxylic acids is 1. The van der Waals surface area contributed by atoms with Crippen LogP contribution < -0.4 is 10.2 Å². The van der Waals surface area contributed by atoms with Crippen molar-refractivity contribution in [1.29, 1.82) is 0 Å². The summed E-state index contributed by atoms with van der Waals surface area (Å²) in [5.74, 6) is -4.05. The number of hydrogen-bond acceptors (Lipinski definition) is 4. The van der Waals surface area contributed by atoms with Crippen molar-refractivity contribution in [2.45, 2.75) is 37.3 Å². The minimum atomic E-state index is -2.97. The highest BCUT2D eigenvalue weighted by Gasteiger charge is 2.55. The number of anilines is 1. The van der Waals surface area contributed by atoms with Crippen LogP contribution in [-0.2, 0) is 0 Å². The number of alkyl halides is 2. The van der Waals surface area contributed by atoms with E-state index in [1.54, 1.807) is 0 Å². The van der Waals surface area contributed by atoms with Gasteiger partial charge < -0.3 is 10.4 Å². The van der Waals surface area contributed by atoms with Gasteiger partial charge in [-0.2, -0.15) is 5.10 Å². The van der Waals surface area contributed by atoms with Gasteiger partial charge in [-0.1, -0.05) is 0 Å². The molecule has 126 valence electrons. The Morgan fingerprint density at radius 1 is 1.46 bits per heavy atom. The highest BCUT2D eigenvalue weighted by molar-refractivity contribution is 5.97. The molecule has 0 unspecified atom stereocenters. The average molecular weight is 337 g/mol. The maximum atomic E-state index is 14.0. The van der Waals surface area contributed by atoms with Gasteiger partial charge in [0, 0.05) is 12.6 Å². The number of rotatable bonds is 2. The third kappa shape index (κ3) is 2.02. The first-order valence-corrected chi connectivity index (χ1v) is 7.44. The SMILES string of the molecule is O=C(O)c1cnn2ccc(N3C(=O)N[C@@H]4[C@H]3CCCC4(F)F)nc12. The van der Waals surface area contributed by atoms with Crippen molar-refractivity contribution < 1.29 is 23.5 Å². The molecule has 2 aliphatic rings. The van der Waals surface area contributed by atoms with Crippen LogP contribution in [0, 0.1) is 0 Å². The summed E-state index contributed by atoms with van der Waals surface area (Å²) in [4.78, 5) is 28.8. The second-order valence-electron chi connectivity index (χ2n) is 5.94. The van der Waals surface area contributed by atoms with Crippen LogP contribution >= 0.6 is 0 Å². The predicted molar refractivity (Wildman–Crippen MR) is 77.3 cm³/mol. The van der Waals surface area contributed by atoms with Crippen molar-refractivity contribution in [3.8, 4) is 0 Å². The van der Waals surface area contributed by atoms with E-state index in [0.29, 0.717) is 12.8 Å². The van der Waals surface area contributed by atoms with Crippen molar-refractivity contribution >= 4 is 23.5 Å². The van der Waals surface area contributed by atoms with Crippen molar-refractivity contribution in [2.75, 3.05) is 4.90 Å². The molecule has 2 atom stereocenters. The third-order valence-electron chi connectivity index (χ3n) is 4.51. The van der Waals surface area contributed by atoms with E-state index in [1.807, 2.05) is 0 Å². The van der Waals surface area contributed by atoms with Gasteiger partial charge in [0.25, 0.3) is 5.92 Å². The van der Waals surface area contributed by atoms with Gasteiger partial charge in [-0.05, 0) is 18.9 Å². The van der Waals surface area contributed by atoms with Crippen LogP contribution in [0.5, 0.6) is 0 Å². The number of carbonyl (C=O) groups excluding carboxylic acids is 1. The lowest BCUT2D eigenvalue weighted by Gasteiger charge is -2.34. The third-order valence-corrected chi connectivity index (χ3v) is 4.51. The van der Waals surface area contributed by atoms with Gasteiger partial charge in [-0.3, -0.25) is 4.90 Å². The van der Waals surface area contributed by atoms with Crippen LogP contribution in [0.25, 0.3) is 5.65 Å². The molecule has 1 aliphatic carbocycles. The van der Waals surface area contributed by atoms with E-state index in [-0.39, 0.29) is 23.4 Å². The van der Waals surface area contributed by atoms with Crippen molar-refractivity contribution in [3.05, 3.63) is 24.0 Å². The Hall–Kier alpha value is -2.78. The van der Waals surface area contributed by atoms with E-state index in [1.165, 1.54) is 21.7 Å². The van der Waals surface area contributed by atoms with Gasteiger partial charge in [0.2, 0.25) is 0 Å². The van der Waals surface area contributed by atoms with Crippen LogP contribution in [0.2, 0.25) is 0 Å². The minimum absolute atomic E-state index is 0.0545. The summed E-state index contributed by atoms with van der Waals surface area (Å²) >= 11 is 0. The van der Waals surface area contributed by atoms with Crippen molar-refractivity contribution in [3.63, 3.8) is 0 Å². The molecule has 1 saturated carbocycles. The largest absolute Gasteiger partial charge is 0.477 e. The molecule has 3 heterocycles. The lowest BCUT2D eigenvalue weighted by atomic mass is 9.87.